The molecule has 1 aromatic heterocycles. The maximum Gasteiger partial charge on any atom is 0.256 e. The van der Waals surface area contributed by atoms with Crippen molar-refractivity contribution in [1.82, 2.24) is 5.32 Å². The number of carbonyl (C=O) groups is 2. The van der Waals surface area contributed by atoms with Gasteiger partial charge in [-0.25, -0.2) is 0 Å². The zero-order valence-corrected chi connectivity index (χ0v) is 16.2. The SMILES string of the molecule is CNC(=O)c1c(NC(=O)c2ccc(OC(C)C)cc2)sc2c1CCCC2. The normalized spacial score (nSPS) is 13.2. The Bertz CT molecular complexity index is 809. The number of nitrogens with one attached hydrogen (secondary N) is 2. The fourth-order valence-corrected chi connectivity index (χ4v) is 4.43. The van der Waals surface area contributed by atoms with Gasteiger partial charge >= 0.3 is 0 Å². The monoisotopic (exact) mass is 372 g/mol. The van der Waals surface area contributed by atoms with E-state index in [4.69, 9.17) is 4.74 Å². The highest BCUT2D eigenvalue weighted by molar-refractivity contribution is 7.17. The van der Waals surface area contributed by atoms with Gasteiger partial charge in [-0.05, 0) is 69.4 Å². The molecule has 6 heteroatoms. The number of anilines is 1. The summed E-state index contributed by atoms with van der Waals surface area (Å²) >= 11 is 1.52. The molecule has 3 rings (SSSR count). The van der Waals surface area contributed by atoms with Crippen molar-refractivity contribution < 1.29 is 14.3 Å². The lowest BCUT2D eigenvalue weighted by atomic mass is 9.95. The summed E-state index contributed by atoms with van der Waals surface area (Å²) in [6, 6.07) is 7.04. The van der Waals surface area contributed by atoms with E-state index in [2.05, 4.69) is 10.6 Å². The van der Waals surface area contributed by atoms with Crippen LogP contribution in [0.25, 0.3) is 0 Å². The first-order valence-electron chi connectivity index (χ1n) is 8.94. The Hall–Kier alpha value is -2.34. The molecule has 2 amide bonds. The number of rotatable bonds is 5. The molecule has 5 nitrogen and oxygen atoms in total. The fraction of sp³-hybridized carbons (Fsp3) is 0.400. The number of hydrogen-bond acceptors (Lipinski definition) is 4. The molecule has 1 aliphatic rings. The number of benzene rings is 1. The molecule has 26 heavy (non-hydrogen) atoms. The first-order valence-corrected chi connectivity index (χ1v) is 9.76. The number of fused-ring (bicyclic) bond motifs is 1. The van der Waals surface area contributed by atoms with E-state index in [1.807, 2.05) is 13.8 Å². The Labute approximate surface area is 157 Å². The minimum atomic E-state index is -0.218. The minimum Gasteiger partial charge on any atom is -0.491 e. The molecule has 0 radical (unpaired) electrons. The van der Waals surface area contributed by atoms with Crippen molar-refractivity contribution in [3.05, 3.63) is 45.8 Å². The molecule has 138 valence electrons. The third-order valence-electron chi connectivity index (χ3n) is 4.34. The summed E-state index contributed by atoms with van der Waals surface area (Å²) in [5.74, 6) is 0.374. The first kappa shape index (κ1) is 18.5. The smallest absolute Gasteiger partial charge is 0.256 e. The van der Waals surface area contributed by atoms with Gasteiger partial charge in [0.25, 0.3) is 11.8 Å². The van der Waals surface area contributed by atoms with Gasteiger partial charge in [-0.3, -0.25) is 9.59 Å². The predicted octanol–water partition coefficient (Wildman–Crippen LogP) is 4.03. The van der Waals surface area contributed by atoms with Crippen LogP contribution in [0.4, 0.5) is 5.00 Å². The van der Waals surface area contributed by atoms with Crippen molar-refractivity contribution in [2.24, 2.45) is 0 Å². The van der Waals surface area contributed by atoms with Crippen LogP contribution in [0.5, 0.6) is 5.75 Å². The second-order valence-electron chi connectivity index (χ2n) is 6.64. The van der Waals surface area contributed by atoms with Gasteiger partial charge in [-0.2, -0.15) is 0 Å². The van der Waals surface area contributed by atoms with Gasteiger partial charge in [0, 0.05) is 17.5 Å². The number of amides is 2. The molecule has 0 aliphatic heterocycles. The van der Waals surface area contributed by atoms with Gasteiger partial charge in [0.05, 0.1) is 11.7 Å². The van der Waals surface area contributed by atoms with E-state index in [9.17, 15) is 9.59 Å². The van der Waals surface area contributed by atoms with Gasteiger partial charge < -0.3 is 15.4 Å². The van der Waals surface area contributed by atoms with E-state index < -0.39 is 0 Å². The van der Waals surface area contributed by atoms with E-state index in [-0.39, 0.29) is 17.9 Å². The molecule has 2 N–H and O–H groups in total. The van der Waals surface area contributed by atoms with E-state index in [0.717, 1.165) is 37.0 Å². The van der Waals surface area contributed by atoms with Crippen molar-refractivity contribution in [1.29, 1.82) is 0 Å². The highest BCUT2D eigenvalue weighted by atomic mass is 32.1. The molecular formula is C20H24N2O3S. The minimum absolute atomic E-state index is 0.0854. The van der Waals surface area contributed by atoms with Crippen LogP contribution in [0.2, 0.25) is 0 Å². The maximum atomic E-state index is 12.6. The van der Waals surface area contributed by atoms with E-state index in [1.54, 1.807) is 31.3 Å². The summed E-state index contributed by atoms with van der Waals surface area (Å²) < 4.78 is 5.60. The Morgan fingerprint density at radius 2 is 1.77 bits per heavy atom. The van der Waals surface area contributed by atoms with Crippen LogP contribution in [0.1, 0.15) is 57.8 Å². The van der Waals surface area contributed by atoms with Gasteiger partial charge in [-0.15, -0.1) is 11.3 Å². The Morgan fingerprint density at radius 1 is 1.08 bits per heavy atom. The van der Waals surface area contributed by atoms with Crippen molar-refractivity contribution in [3.63, 3.8) is 0 Å². The Balaban J connectivity index is 1.83. The molecule has 0 atom stereocenters. The van der Waals surface area contributed by atoms with Crippen LogP contribution in [0.3, 0.4) is 0 Å². The zero-order valence-electron chi connectivity index (χ0n) is 15.3. The van der Waals surface area contributed by atoms with E-state index >= 15 is 0 Å². The summed E-state index contributed by atoms with van der Waals surface area (Å²) in [5.41, 5.74) is 2.26. The molecule has 0 unspecified atom stereocenters. The van der Waals surface area contributed by atoms with E-state index in [0.29, 0.717) is 16.1 Å². The highest BCUT2D eigenvalue weighted by Crippen LogP contribution is 2.38. The van der Waals surface area contributed by atoms with Crippen molar-refractivity contribution >= 4 is 28.2 Å². The molecular weight excluding hydrogens is 348 g/mol. The first-order chi connectivity index (χ1) is 12.5. The summed E-state index contributed by atoms with van der Waals surface area (Å²) in [5, 5.41) is 6.28. The number of thiophene rings is 1. The highest BCUT2D eigenvalue weighted by Gasteiger charge is 2.26. The summed E-state index contributed by atoms with van der Waals surface area (Å²) in [6.45, 7) is 3.92. The average molecular weight is 372 g/mol. The lowest BCUT2D eigenvalue weighted by Crippen LogP contribution is -2.22. The maximum absolute atomic E-state index is 12.6. The van der Waals surface area contributed by atoms with E-state index in [1.165, 1.54) is 16.2 Å². The molecule has 1 aromatic carbocycles. The van der Waals surface area contributed by atoms with Gasteiger partial charge in [0.15, 0.2) is 0 Å². The van der Waals surface area contributed by atoms with Gasteiger partial charge in [-0.1, -0.05) is 0 Å². The van der Waals surface area contributed by atoms with Crippen molar-refractivity contribution in [2.45, 2.75) is 45.6 Å². The summed E-state index contributed by atoms with van der Waals surface area (Å²) in [6.07, 6.45) is 4.17. The molecule has 0 bridgehead atoms. The predicted molar refractivity (Wildman–Crippen MR) is 105 cm³/mol. The van der Waals surface area contributed by atoms with Crippen LogP contribution in [0, 0.1) is 0 Å². The Kier molecular flexibility index (Phi) is 5.61. The third kappa shape index (κ3) is 3.90. The zero-order chi connectivity index (χ0) is 18.7. The van der Waals surface area contributed by atoms with Crippen LogP contribution in [-0.2, 0) is 12.8 Å². The van der Waals surface area contributed by atoms with Gasteiger partial charge in [0.1, 0.15) is 10.8 Å². The van der Waals surface area contributed by atoms with Crippen LogP contribution >= 0.6 is 11.3 Å². The molecule has 0 spiro atoms. The summed E-state index contributed by atoms with van der Waals surface area (Å²) in [4.78, 5) is 26.2. The van der Waals surface area contributed by atoms with Crippen molar-refractivity contribution in [2.75, 3.05) is 12.4 Å². The number of aryl methyl sites for hydroxylation is 1. The lowest BCUT2D eigenvalue weighted by Gasteiger charge is -2.12. The van der Waals surface area contributed by atoms with Gasteiger partial charge in [0.2, 0.25) is 0 Å². The standard InChI is InChI=1S/C20H24N2O3S/c1-12(2)25-14-10-8-13(9-11-14)18(23)22-20-17(19(24)21-3)15-6-4-5-7-16(15)26-20/h8-12H,4-7H2,1-3H3,(H,21,24)(H,22,23). The molecule has 2 aromatic rings. The number of ether oxygens (including phenoxy) is 1. The van der Waals surface area contributed by atoms with Crippen LogP contribution in [-0.4, -0.2) is 25.0 Å². The average Bonchev–Trinajstić information content (AvgIpc) is 2.99. The largest absolute Gasteiger partial charge is 0.491 e. The number of hydrogen-bond donors (Lipinski definition) is 2. The topological polar surface area (TPSA) is 67.4 Å². The molecule has 0 saturated carbocycles. The molecule has 1 heterocycles. The second-order valence-corrected chi connectivity index (χ2v) is 7.74. The molecule has 0 fully saturated rings. The second kappa shape index (κ2) is 7.91. The van der Waals surface area contributed by atoms with Crippen molar-refractivity contribution in [3.8, 4) is 5.75 Å². The number of carbonyl (C=O) groups excluding carboxylic acids is 2. The quantitative estimate of drug-likeness (QED) is 0.833. The third-order valence-corrected chi connectivity index (χ3v) is 5.55. The molecule has 0 saturated heterocycles. The lowest BCUT2D eigenvalue weighted by molar-refractivity contribution is 0.0963. The fourth-order valence-electron chi connectivity index (χ4n) is 3.15. The molecule has 1 aliphatic carbocycles. The Morgan fingerprint density at radius 3 is 2.42 bits per heavy atom. The summed E-state index contributed by atoms with van der Waals surface area (Å²) in [7, 11) is 1.62. The van der Waals surface area contributed by atoms with Crippen LogP contribution in [0.15, 0.2) is 24.3 Å². The van der Waals surface area contributed by atoms with Crippen LogP contribution < -0.4 is 15.4 Å².